The molecule has 0 fully saturated rings. The topological polar surface area (TPSA) is 64.4 Å². The number of carboxylic acid groups (broad SMARTS) is 1. The van der Waals surface area contributed by atoms with Crippen molar-refractivity contribution in [3.8, 4) is 11.5 Å². The van der Waals surface area contributed by atoms with E-state index in [2.05, 4.69) is 18.9 Å². The number of ether oxygens (including phenoxy) is 1. The summed E-state index contributed by atoms with van der Waals surface area (Å²) in [5.41, 5.74) is 1.72. The van der Waals surface area contributed by atoms with Crippen LogP contribution in [-0.2, 0) is 17.8 Å². The molecule has 3 rings (SSSR count). The average molecular weight is 324 g/mol. The van der Waals surface area contributed by atoms with Gasteiger partial charge in [0.1, 0.15) is 11.5 Å². The van der Waals surface area contributed by atoms with Gasteiger partial charge in [0, 0.05) is 17.5 Å². The van der Waals surface area contributed by atoms with Crippen molar-refractivity contribution in [2.75, 3.05) is 0 Å². The molecule has 0 atom stereocenters. The van der Waals surface area contributed by atoms with Crippen LogP contribution in [0.5, 0.6) is 11.5 Å². The van der Waals surface area contributed by atoms with E-state index >= 15 is 0 Å². The summed E-state index contributed by atoms with van der Waals surface area (Å²) < 4.78 is 7.90. The summed E-state index contributed by atoms with van der Waals surface area (Å²) in [4.78, 5) is 11.0. The van der Waals surface area contributed by atoms with Crippen molar-refractivity contribution < 1.29 is 14.6 Å². The molecular weight excluding hydrogens is 304 g/mol. The number of fused-ring (bicyclic) bond motifs is 1. The first-order chi connectivity index (χ1) is 11.5. The lowest BCUT2D eigenvalue weighted by atomic mass is 10.1. The van der Waals surface area contributed by atoms with Gasteiger partial charge < -0.3 is 9.84 Å². The number of hydrogen-bond donors (Lipinski definition) is 1. The summed E-state index contributed by atoms with van der Waals surface area (Å²) in [7, 11) is 0. The Morgan fingerprint density at radius 3 is 2.79 bits per heavy atom. The molecular formula is C19H20N2O3. The smallest absolute Gasteiger partial charge is 0.307 e. The Hall–Kier alpha value is -2.82. The predicted octanol–water partition coefficient (Wildman–Crippen LogP) is 4.11. The Bertz CT molecular complexity index is 868. The van der Waals surface area contributed by atoms with Gasteiger partial charge >= 0.3 is 5.97 Å². The molecule has 124 valence electrons. The third-order valence-electron chi connectivity index (χ3n) is 3.69. The average Bonchev–Trinajstić information content (AvgIpc) is 2.90. The molecule has 1 heterocycles. The Morgan fingerprint density at radius 2 is 2.04 bits per heavy atom. The highest BCUT2D eigenvalue weighted by atomic mass is 16.5. The first kappa shape index (κ1) is 16.1. The fourth-order valence-corrected chi connectivity index (χ4v) is 2.66. The maximum Gasteiger partial charge on any atom is 0.307 e. The summed E-state index contributed by atoms with van der Waals surface area (Å²) >= 11 is 0. The van der Waals surface area contributed by atoms with Crippen LogP contribution in [-0.4, -0.2) is 20.9 Å². The van der Waals surface area contributed by atoms with Crippen LogP contribution < -0.4 is 4.74 Å². The van der Waals surface area contributed by atoms with Gasteiger partial charge in [-0.15, -0.1) is 0 Å². The molecule has 24 heavy (non-hydrogen) atoms. The molecule has 0 amide bonds. The van der Waals surface area contributed by atoms with Crippen molar-refractivity contribution >= 4 is 16.9 Å². The Kier molecular flexibility index (Phi) is 4.51. The van der Waals surface area contributed by atoms with Gasteiger partial charge in [-0.25, -0.2) is 0 Å². The van der Waals surface area contributed by atoms with E-state index < -0.39 is 5.97 Å². The number of carbonyl (C=O) groups is 1. The van der Waals surface area contributed by atoms with E-state index in [1.165, 1.54) is 0 Å². The van der Waals surface area contributed by atoms with E-state index in [0.717, 1.165) is 17.4 Å². The molecule has 0 bridgehead atoms. The number of benzene rings is 2. The van der Waals surface area contributed by atoms with Gasteiger partial charge in [0.25, 0.3) is 0 Å². The zero-order valence-electron chi connectivity index (χ0n) is 13.8. The van der Waals surface area contributed by atoms with Gasteiger partial charge in [-0.2, -0.15) is 5.10 Å². The molecule has 3 aromatic rings. The Balaban J connectivity index is 1.87. The van der Waals surface area contributed by atoms with Crippen LogP contribution in [0.2, 0.25) is 0 Å². The van der Waals surface area contributed by atoms with Gasteiger partial charge in [-0.05, 0) is 30.2 Å². The van der Waals surface area contributed by atoms with Crippen molar-refractivity contribution in [3.05, 3.63) is 54.2 Å². The van der Waals surface area contributed by atoms with Gasteiger partial charge in [0.2, 0.25) is 0 Å². The largest absolute Gasteiger partial charge is 0.481 e. The molecule has 0 saturated carbocycles. The van der Waals surface area contributed by atoms with Gasteiger partial charge in [-0.1, -0.05) is 32.0 Å². The molecule has 0 aliphatic heterocycles. The molecule has 0 saturated heterocycles. The molecule has 1 N–H and O–H groups in total. The number of para-hydroxylation sites is 1. The maximum absolute atomic E-state index is 11.0. The monoisotopic (exact) mass is 324 g/mol. The van der Waals surface area contributed by atoms with Gasteiger partial charge in [-0.3, -0.25) is 9.48 Å². The highest BCUT2D eigenvalue weighted by molar-refractivity contribution is 5.80. The third kappa shape index (κ3) is 3.56. The summed E-state index contributed by atoms with van der Waals surface area (Å²) in [6.07, 6.45) is 1.76. The molecule has 5 heteroatoms. The predicted molar refractivity (Wildman–Crippen MR) is 92.4 cm³/mol. The second kappa shape index (κ2) is 6.74. The first-order valence-electron chi connectivity index (χ1n) is 7.96. The second-order valence-corrected chi connectivity index (χ2v) is 6.22. The van der Waals surface area contributed by atoms with Crippen LogP contribution in [0, 0.1) is 5.92 Å². The number of rotatable bonds is 6. The molecule has 5 nitrogen and oxygen atoms in total. The summed E-state index contributed by atoms with van der Waals surface area (Å²) in [6, 6.07) is 13.0. The molecule has 1 aromatic heterocycles. The van der Waals surface area contributed by atoms with Crippen LogP contribution in [0.25, 0.3) is 10.9 Å². The minimum atomic E-state index is -0.878. The number of hydrogen-bond acceptors (Lipinski definition) is 3. The van der Waals surface area contributed by atoms with Crippen LogP contribution in [0.3, 0.4) is 0 Å². The van der Waals surface area contributed by atoms with Crippen molar-refractivity contribution in [1.29, 1.82) is 0 Å². The lowest BCUT2D eigenvalue weighted by molar-refractivity contribution is -0.136. The van der Waals surface area contributed by atoms with Crippen LogP contribution in [0.4, 0.5) is 0 Å². The standard InChI is InChI=1S/C19H20N2O3/c1-13(2)12-21-17-8-7-16(9-15(17)11-20-21)24-18-6-4-3-5-14(18)10-19(22)23/h3-9,11,13H,10,12H2,1-2H3,(H,22,23). The number of carboxylic acids is 1. The number of nitrogens with zero attached hydrogens (tertiary/aromatic N) is 2. The molecule has 0 unspecified atom stereocenters. The van der Waals surface area contributed by atoms with Crippen LogP contribution in [0.15, 0.2) is 48.7 Å². The number of aromatic nitrogens is 2. The summed E-state index contributed by atoms with van der Waals surface area (Å²) in [6.45, 7) is 5.18. The number of aliphatic carboxylic acids is 1. The van der Waals surface area contributed by atoms with Crippen molar-refractivity contribution in [3.63, 3.8) is 0 Å². The van der Waals surface area contributed by atoms with Crippen LogP contribution >= 0.6 is 0 Å². The Labute approximate surface area is 140 Å². The van der Waals surface area contributed by atoms with E-state index in [9.17, 15) is 4.79 Å². The van der Waals surface area contributed by atoms with E-state index in [4.69, 9.17) is 9.84 Å². The fraction of sp³-hybridized carbons (Fsp3) is 0.263. The van der Waals surface area contributed by atoms with Crippen molar-refractivity contribution in [2.24, 2.45) is 5.92 Å². The van der Waals surface area contributed by atoms with E-state index in [0.29, 0.717) is 23.0 Å². The normalized spacial score (nSPS) is 11.1. The zero-order valence-corrected chi connectivity index (χ0v) is 13.8. The maximum atomic E-state index is 11.0. The third-order valence-corrected chi connectivity index (χ3v) is 3.69. The minimum Gasteiger partial charge on any atom is -0.481 e. The van der Waals surface area contributed by atoms with Gasteiger partial charge in [0.05, 0.1) is 18.1 Å². The van der Waals surface area contributed by atoms with E-state index in [1.807, 2.05) is 41.2 Å². The van der Waals surface area contributed by atoms with Crippen molar-refractivity contribution in [1.82, 2.24) is 9.78 Å². The summed E-state index contributed by atoms with van der Waals surface area (Å²) in [5.74, 6) is 0.877. The van der Waals surface area contributed by atoms with Crippen LogP contribution in [0.1, 0.15) is 19.4 Å². The lowest BCUT2D eigenvalue weighted by Gasteiger charge is -2.10. The highest BCUT2D eigenvalue weighted by Gasteiger charge is 2.10. The van der Waals surface area contributed by atoms with E-state index in [-0.39, 0.29) is 6.42 Å². The van der Waals surface area contributed by atoms with E-state index in [1.54, 1.807) is 12.1 Å². The molecule has 2 aromatic carbocycles. The molecule has 0 radical (unpaired) electrons. The molecule has 0 spiro atoms. The van der Waals surface area contributed by atoms with Crippen molar-refractivity contribution in [2.45, 2.75) is 26.8 Å². The fourth-order valence-electron chi connectivity index (χ4n) is 2.66. The SMILES string of the molecule is CC(C)Cn1ncc2cc(Oc3ccccc3CC(=O)O)ccc21. The molecule has 0 aliphatic rings. The lowest BCUT2D eigenvalue weighted by Crippen LogP contribution is -2.05. The second-order valence-electron chi connectivity index (χ2n) is 6.22. The molecule has 0 aliphatic carbocycles. The Morgan fingerprint density at radius 1 is 1.25 bits per heavy atom. The zero-order chi connectivity index (χ0) is 17.1. The summed E-state index contributed by atoms with van der Waals surface area (Å²) in [5, 5.41) is 14.4. The highest BCUT2D eigenvalue weighted by Crippen LogP contribution is 2.28. The first-order valence-corrected chi connectivity index (χ1v) is 7.96. The minimum absolute atomic E-state index is 0.0647. The quantitative estimate of drug-likeness (QED) is 0.741. The van der Waals surface area contributed by atoms with Gasteiger partial charge in [0.15, 0.2) is 0 Å².